The largest absolute Gasteiger partial charge is 0.480 e. The number of aliphatic carboxylic acids is 1. The van der Waals surface area contributed by atoms with Crippen LogP contribution in [-0.4, -0.2) is 23.0 Å². The molecule has 6 nitrogen and oxygen atoms in total. The van der Waals surface area contributed by atoms with Crippen LogP contribution in [0, 0.1) is 17.2 Å². The number of carbonyl (C=O) groups is 2. The molecule has 0 aliphatic heterocycles. The van der Waals surface area contributed by atoms with E-state index in [9.17, 15) is 9.59 Å². The number of hydrogen-bond acceptors (Lipinski definition) is 4. The van der Waals surface area contributed by atoms with Crippen molar-refractivity contribution in [2.24, 2.45) is 5.92 Å². The molecule has 0 heterocycles. The van der Waals surface area contributed by atoms with Gasteiger partial charge in [0, 0.05) is 16.9 Å². The second kappa shape index (κ2) is 8.05. The van der Waals surface area contributed by atoms with Crippen molar-refractivity contribution in [1.82, 2.24) is 5.32 Å². The van der Waals surface area contributed by atoms with Gasteiger partial charge < -0.3 is 15.7 Å². The molecule has 0 spiro atoms. The lowest BCUT2D eigenvalue weighted by Gasteiger charge is -2.17. The average Bonchev–Trinajstić information content (AvgIpc) is 2.44. The Hall–Kier alpha value is -2.52. The molecular weight excluding hydrogens is 306 g/mol. The van der Waals surface area contributed by atoms with Crippen LogP contribution >= 0.6 is 11.6 Å². The molecule has 22 heavy (non-hydrogen) atoms. The molecule has 0 saturated heterocycles. The van der Waals surface area contributed by atoms with E-state index in [4.69, 9.17) is 22.0 Å². The first-order valence-electron chi connectivity index (χ1n) is 6.51. The number of benzene rings is 1. The predicted octanol–water partition coefficient (Wildman–Crippen LogP) is 2.38. The topological polar surface area (TPSA) is 102 Å². The molecule has 1 atom stereocenters. The third kappa shape index (κ3) is 5.11. The molecule has 0 bridgehead atoms. The van der Waals surface area contributed by atoms with Crippen molar-refractivity contribution in [2.45, 2.75) is 19.9 Å². The highest BCUT2D eigenvalue weighted by Crippen LogP contribution is 2.15. The molecule has 0 aliphatic carbocycles. The molecule has 0 fully saturated rings. The van der Waals surface area contributed by atoms with E-state index in [1.165, 1.54) is 6.20 Å². The van der Waals surface area contributed by atoms with Crippen LogP contribution < -0.4 is 10.6 Å². The summed E-state index contributed by atoms with van der Waals surface area (Å²) in [6, 6.07) is 7.41. The maximum atomic E-state index is 12.0. The first-order chi connectivity index (χ1) is 10.3. The summed E-state index contributed by atoms with van der Waals surface area (Å²) in [5.41, 5.74) is 0.374. The van der Waals surface area contributed by atoms with Crippen molar-refractivity contribution in [1.29, 1.82) is 5.26 Å². The number of rotatable bonds is 6. The molecule has 3 N–H and O–H groups in total. The van der Waals surface area contributed by atoms with Gasteiger partial charge in [-0.15, -0.1) is 0 Å². The quantitative estimate of drug-likeness (QED) is 0.551. The summed E-state index contributed by atoms with van der Waals surface area (Å²) in [5.74, 6) is -2.20. The van der Waals surface area contributed by atoms with E-state index in [-0.39, 0.29) is 11.5 Å². The number of nitriles is 1. The summed E-state index contributed by atoms with van der Waals surface area (Å²) >= 11 is 5.82. The fourth-order valence-electron chi connectivity index (χ4n) is 1.61. The number of carboxylic acids is 1. The molecule has 1 unspecified atom stereocenters. The van der Waals surface area contributed by atoms with Gasteiger partial charge in [0.25, 0.3) is 5.91 Å². The number of carbonyl (C=O) groups excluding carboxylic acids is 1. The summed E-state index contributed by atoms with van der Waals surface area (Å²) in [5, 5.41) is 23.7. The maximum Gasteiger partial charge on any atom is 0.326 e. The minimum Gasteiger partial charge on any atom is -0.480 e. The number of carboxylic acid groups (broad SMARTS) is 1. The van der Waals surface area contributed by atoms with Gasteiger partial charge in [-0.05, 0) is 24.1 Å². The molecule has 1 rings (SSSR count). The highest BCUT2D eigenvalue weighted by molar-refractivity contribution is 6.30. The van der Waals surface area contributed by atoms with Crippen molar-refractivity contribution in [3.63, 3.8) is 0 Å². The molecule has 116 valence electrons. The van der Waals surface area contributed by atoms with Gasteiger partial charge in [0.15, 0.2) is 0 Å². The molecular formula is C15H16ClN3O3. The predicted molar refractivity (Wildman–Crippen MR) is 83.2 cm³/mol. The van der Waals surface area contributed by atoms with Gasteiger partial charge in [-0.2, -0.15) is 5.26 Å². The first kappa shape index (κ1) is 17.5. The highest BCUT2D eigenvalue weighted by atomic mass is 35.5. The third-order valence-electron chi connectivity index (χ3n) is 2.79. The van der Waals surface area contributed by atoms with Gasteiger partial charge in [-0.25, -0.2) is 4.79 Å². The SMILES string of the molecule is CC(C)C(NC(=O)/C(C#N)=C\Nc1cccc(Cl)c1)C(=O)O. The van der Waals surface area contributed by atoms with Crippen LogP contribution in [0.4, 0.5) is 5.69 Å². The summed E-state index contributed by atoms with van der Waals surface area (Å²) in [6.45, 7) is 3.33. The van der Waals surface area contributed by atoms with Crippen molar-refractivity contribution in [3.8, 4) is 6.07 Å². The second-order valence-corrected chi connectivity index (χ2v) is 5.29. The normalized spacial score (nSPS) is 12.4. The maximum absolute atomic E-state index is 12.0. The van der Waals surface area contributed by atoms with Crippen LogP contribution in [0.5, 0.6) is 0 Å². The average molecular weight is 322 g/mol. The van der Waals surface area contributed by atoms with Crippen LogP contribution in [0.15, 0.2) is 36.0 Å². The number of halogens is 1. The summed E-state index contributed by atoms with van der Waals surface area (Å²) < 4.78 is 0. The van der Waals surface area contributed by atoms with Crippen molar-refractivity contribution in [3.05, 3.63) is 41.1 Å². The fourth-order valence-corrected chi connectivity index (χ4v) is 1.81. The van der Waals surface area contributed by atoms with Crippen LogP contribution in [-0.2, 0) is 9.59 Å². The summed E-state index contributed by atoms with van der Waals surface area (Å²) in [4.78, 5) is 23.0. The minimum atomic E-state index is -1.15. The number of nitrogens with one attached hydrogen (secondary N) is 2. The van der Waals surface area contributed by atoms with E-state index in [2.05, 4.69) is 10.6 Å². The van der Waals surface area contributed by atoms with Gasteiger partial charge in [0.1, 0.15) is 17.7 Å². The zero-order chi connectivity index (χ0) is 16.7. The zero-order valence-electron chi connectivity index (χ0n) is 12.1. The Kier molecular flexibility index (Phi) is 6.42. The van der Waals surface area contributed by atoms with E-state index in [0.29, 0.717) is 10.7 Å². The number of anilines is 1. The molecule has 0 saturated carbocycles. The molecule has 0 radical (unpaired) electrons. The number of hydrogen-bond donors (Lipinski definition) is 3. The van der Waals surface area contributed by atoms with Gasteiger partial charge >= 0.3 is 5.97 Å². The Morgan fingerprint density at radius 1 is 1.41 bits per heavy atom. The lowest BCUT2D eigenvalue weighted by atomic mass is 10.0. The van der Waals surface area contributed by atoms with E-state index < -0.39 is 17.9 Å². The van der Waals surface area contributed by atoms with Crippen LogP contribution in [0.25, 0.3) is 0 Å². The van der Waals surface area contributed by atoms with Gasteiger partial charge in [0.05, 0.1) is 0 Å². The fraction of sp³-hybridized carbons (Fsp3) is 0.267. The zero-order valence-corrected chi connectivity index (χ0v) is 12.9. The molecule has 1 aromatic rings. The van der Waals surface area contributed by atoms with E-state index in [1.807, 2.05) is 0 Å². The molecule has 1 aromatic carbocycles. The van der Waals surface area contributed by atoms with E-state index >= 15 is 0 Å². The molecule has 0 aliphatic rings. The Morgan fingerprint density at radius 3 is 2.59 bits per heavy atom. The standard InChI is InChI=1S/C15H16ClN3O3/c1-9(2)13(15(21)22)19-14(20)10(7-17)8-18-12-5-3-4-11(16)6-12/h3-6,8-9,13,18H,1-2H3,(H,19,20)(H,21,22)/b10-8-. The second-order valence-electron chi connectivity index (χ2n) is 4.86. The van der Waals surface area contributed by atoms with Gasteiger partial charge in [-0.1, -0.05) is 31.5 Å². The first-order valence-corrected chi connectivity index (χ1v) is 6.89. The van der Waals surface area contributed by atoms with Crippen LogP contribution in [0.2, 0.25) is 5.02 Å². The highest BCUT2D eigenvalue weighted by Gasteiger charge is 2.24. The Morgan fingerprint density at radius 2 is 2.09 bits per heavy atom. The lowest BCUT2D eigenvalue weighted by Crippen LogP contribution is -2.44. The van der Waals surface area contributed by atoms with Crippen molar-refractivity contribution < 1.29 is 14.7 Å². The summed E-state index contributed by atoms with van der Waals surface area (Å²) in [7, 11) is 0. The van der Waals surface area contributed by atoms with Gasteiger partial charge in [-0.3, -0.25) is 4.79 Å². The summed E-state index contributed by atoms with van der Waals surface area (Å²) in [6.07, 6.45) is 1.21. The molecule has 7 heteroatoms. The lowest BCUT2D eigenvalue weighted by molar-refractivity contribution is -0.142. The van der Waals surface area contributed by atoms with E-state index in [0.717, 1.165) is 0 Å². The Bertz CT molecular complexity index is 635. The smallest absolute Gasteiger partial charge is 0.326 e. The molecule has 1 amide bonds. The van der Waals surface area contributed by atoms with Crippen molar-refractivity contribution >= 4 is 29.2 Å². The Balaban J connectivity index is 2.82. The van der Waals surface area contributed by atoms with E-state index in [1.54, 1.807) is 44.2 Å². The van der Waals surface area contributed by atoms with Crippen LogP contribution in [0.1, 0.15) is 13.8 Å². The third-order valence-corrected chi connectivity index (χ3v) is 3.03. The number of nitrogens with zero attached hydrogens (tertiary/aromatic N) is 1. The minimum absolute atomic E-state index is 0.230. The van der Waals surface area contributed by atoms with Crippen molar-refractivity contribution in [2.75, 3.05) is 5.32 Å². The van der Waals surface area contributed by atoms with Gasteiger partial charge in [0.2, 0.25) is 0 Å². The van der Waals surface area contributed by atoms with Crippen LogP contribution in [0.3, 0.4) is 0 Å². The Labute approximate surface area is 133 Å². The monoisotopic (exact) mass is 321 g/mol. The number of amides is 1. The molecule has 0 aromatic heterocycles.